The first-order valence-electron chi connectivity index (χ1n) is 6.97. The minimum atomic E-state index is -4.82. The topological polar surface area (TPSA) is 35.5 Å². The average Bonchev–Trinajstić information content (AvgIpc) is 2.49. The molecule has 0 spiro atoms. The van der Waals surface area contributed by atoms with Gasteiger partial charge in [-0.3, -0.25) is 4.90 Å². The van der Waals surface area contributed by atoms with Crippen LogP contribution in [0.1, 0.15) is 17.2 Å². The first kappa shape index (κ1) is 21.4. The first-order chi connectivity index (χ1) is 10.7. The van der Waals surface area contributed by atoms with Gasteiger partial charge < -0.3 is 10.4 Å². The fourth-order valence-corrected chi connectivity index (χ4v) is 3.03. The number of hydrogen-bond donors (Lipinski definition) is 2. The zero-order valence-electron chi connectivity index (χ0n) is 12.4. The highest BCUT2D eigenvalue weighted by Crippen LogP contribution is 2.45. The summed E-state index contributed by atoms with van der Waals surface area (Å²) in [5.41, 5.74) is -1.90. The molecule has 10 heteroatoms. The minimum Gasteiger partial charge on any atom is -0.390 e. The molecule has 2 rings (SSSR count). The summed E-state index contributed by atoms with van der Waals surface area (Å²) in [6.07, 6.45) is -4.82. The molecule has 0 amide bonds. The number of nitrogens with zero attached hydrogens (tertiary/aromatic N) is 1. The fourth-order valence-electron chi connectivity index (χ4n) is 2.75. The lowest BCUT2D eigenvalue weighted by atomic mass is 9.93. The van der Waals surface area contributed by atoms with Crippen LogP contribution in [0.15, 0.2) is 18.2 Å². The Kier molecular flexibility index (Phi) is 7.25. The summed E-state index contributed by atoms with van der Waals surface area (Å²) >= 11 is 5.86. The quantitative estimate of drug-likeness (QED) is 0.768. The van der Waals surface area contributed by atoms with Crippen molar-refractivity contribution in [1.82, 2.24) is 10.2 Å². The van der Waals surface area contributed by atoms with E-state index in [-0.39, 0.29) is 25.5 Å². The van der Waals surface area contributed by atoms with Crippen molar-refractivity contribution in [3.05, 3.63) is 34.3 Å². The van der Waals surface area contributed by atoms with E-state index in [0.717, 1.165) is 18.2 Å². The van der Waals surface area contributed by atoms with E-state index < -0.39 is 40.9 Å². The van der Waals surface area contributed by atoms with Crippen molar-refractivity contribution in [1.29, 1.82) is 0 Å². The van der Waals surface area contributed by atoms with Crippen LogP contribution in [-0.2, 0) is 6.18 Å². The number of rotatable bonds is 4. The zero-order chi connectivity index (χ0) is 17.3. The molecule has 0 aromatic heterocycles. The number of nitrogens with one attached hydrogen (secondary N) is 1. The molecule has 24 heavy (non-hydrogen) atoms. The van der Waals surface area contributed by atoms with Gasteiger partial charge in [-0.1, -0.05) is 17.7 Å². The van der Waals surface area contributed by atoms with Gasteiger partial charge in [0, 0.05) is 36.8 Å². The van der Waals surface area contributed by atoms with Crippen LogP contribution >= 0.6 is 24.0 Å². The monoisotopic (exact) mass is 394 g/mol. The molecule has 3 nitrogen and oxygen atoms in total. The Labute approximate surface area is 147 Å². The Morgan fingerprint density at radius 1 is 1.17 bits per heavy atom. The van der Waals surface area contributed by atoms with Gasteiger partial charge in [-0.15, -0.1) is 12.4 Å². The van der Waals surface area contributed by atoms with Crippen molar-refractivity contribution >= 4 is 24.0 Å². The van der Waals surface area contributed by atoms with Gasteiger partial charge in [-0.25, -0.2) is 8.78 Å². The van der Waals surface area contributed by atoms with Crippen molar-refractivity contribution in [2.45, 2.75) is 18.1 Å². The minimum absolute atomic E-state index is 0. The standard InChI is InChI=1S/C14H16ClF5N2O.ClH/c15-10-3-1-2-9(14(18,19)20)11(10)12(13(16,17)8-23)22-6-4-21-5-7-22;/h1-3,12,21,23H,4-8H2;1H/t12-;/m0./s1. The summed E-state index contributed by atoms with van der Waals surface area (Å²) < 4.78 is 68.3. The Bertz CT molecular complexity index is 550. The molecule has 2 N–H and O–H groups in total. The Balaban J connectivity index is 0.00000288. The van der Waals surface area contributed by atoms with E-state index in [9.17, 15) is 22.0 Å². The van der Waals surface area contributed by atoms with Gasteiger partial charge in [0.05, 0.1) is 5.56 Å². The van der Waals surface area contributed by atoms with Gasteiger partial charge in [0.2, 0.25) is 0 Å². The highest BCUT2D eigenvalue weighted by Gasteiger charge is 2.48. The molecular formula is C14H17Cl2F5N2O. The summed E-state index contributed by atoms with van der Waals surface area (Å²) in [7, 11) is 0. The summed E-state index contributed by atoms with van der Waals surface area (Å²) in [5, 5.41) is 11.6. The van der Waals surface area contributed by atoms with Crippen LogP contribution in [-0.4, -0.2) is 48.7 Å². The number of piperazine rings is 1. The van der Waals surface area contributed by atoms with Crippen LogP contribution in [0.3, 0.4) is 0 Å². The van der Waals surface area contributed by atoms with Crippen LogP contribution in [0.5, 0.6) is 0 Å². The molecule has 1 saturated heterocycles. The maximum absolute atomic E-state index is 14.3. The van der Waals surface area contributed by atoms with Crippen molar-refractivity contribution in [3.8, 4) is 0 Å². The molecule has 0 saturated carbocycles. The van der Waals surface area contributed by atoms with Gasteiger partial charge in [-0.2, -0.15) is 13.2 Å². The molecule has 0 radical (unpaired) electrons. The van der Waals surface area contributed by atoms with Crippen LogP contribution in [0.4, 0.5) is 22.0 Å². The van der Waals surface area contributed by atoms with Gasteiger partial charge >= 0.3 is 6.18 Å². The second-order valence-electron chi connectivity index (χ2n) is 5.31. The molecule has 138 valence electrons. The second-order valence-corrected chi connectivity index (χ2v) is 5.71. The Hall–Kier alpha value is -0.670. The van der Waals surface area contributed by atoms with Gasteiger partial charge in [-0.05, 0) is 12.1 Å². The van der Waals surface area contributed by atoms with Crippen molar-refractivity contribution in [2.75, 3.05) is 32.8 Å². The third-order valence-electron chi connectivity index (χ3n) is 3.76. The van der Waals surface area contributed by atoms with Gasteiger partial charge in [0.25, 0.3) is 5.92 Å². The van der Waals surface area contributed by atoms with Crippen molar-refractivity contribution in [3.63, 3.8) is 0 Å². The van der Waals surface area contributed by atoms with Crippen LogP contribution in [0.25, 0.3) is 0 Å². The van der Waals surface area contributed by atoms with Crippen molar-refractivity contribution < 1.29 is 27.1 Å². The summed E-state index contributed by atoms with van der Waals surface area (Å²) in [4.78, 5) is 1.23. The molecule has 0 aliphatic carbocycles. The number of halogens is 7. The third kappa shape index (κ3) is 4.49. The smallest absolute Gasteiger partial charge is 0.390 e. The lowest BCUT2D eigenvalue weighted by molar-refractivity contribution is -0.145. The molecule has 1 aliphatic heterocycles. The molecule has 1 aliphatic rings. The highest BCUT2D eigenvalue weighted by molar-refractivity contribution is 6.31. The highest BCUT2D eigenvalue weighted by atomic mass is 35.5. The maximum atomic E-state index is 14.3. The first-order valence-corrected chi connectivity index (χ1v) is 7.35. The van der Waals surface area contributed by atoms with E-state index >= 15 is 0 Å². The van der Waals surface area contributed by atoms with E-state index in [1.165, 1.54) is 4.90 Å². The summed E-state index contributed by atoms with van der Waals surface area (Å²) in [5.74, 6) is -3.76. The van der Waals surface area contributed by atoms with E-state index in [0.29, 0.717) is 13.1 Å². The van der Waals surface area contributed by atoms with E-state index in [4.69, 9.17) is 16.7 Å². The lowest BCUT2D eigenvalue weighted by Gasteiger charge is -2.40. The largest absolute Gasteiger partial charge is 0.416 e. The van der Waals surface area contributed by atoms with Crippen LogP contribution in [0, 0.1) is 0 Å². The van der Waals surface area contributed by atoms with E-state index in [1.807, 2.05) is 0 Å². The molecule has 1 heterocycles. The number of aliphatic hydroxyl groups is 1. The van der Waals surface area contributed by atoms with Crippen LogP contribution < -0.4 is 5.32 Å². The second kappa shape index (κ2) is 8.14. The molecule has 0 unspecified atom stereocenters. The van der Waals surface area contributed by atoms with E-state index in [1.54, 1.807) is 0 Å². The zero-order valence-corrected chi connectivity index (χ0v) is 14.0. The normalized spacial score (nSPS) is 18.1. The number of alkyl halides is 5. The Morgan fingerprint density at radius 3 is 2.25 bits per heavy atom. The molecule has 1 fully saturated rings. The molecule has 1 atom stereocenters. The van der Waals surface area contributed by atoms with E-state index in [2.05, 4.69) is 5.32 Å². The van der Waals surface area contributed by atoms with Crippen molar-refractivity contribution in [2.24, 2.45) is 0 Å². The third-order valence-corrected chi connectivity index (χ3v) is 4.09. The summed E-state index contributed by atoms with van der Waals surface area (Å²) in [6, 6.07) is 0.999. The predicted molar refractivity (Wildman–Crippen MR) is 82.9 cm³/mol. The fraction of sp³-hybridized carbons (Fsp3) is 0.571. The SMILES string of the molecule is Cl.OCC(F)(F)[C@H](c1c(Cl)cccc1C(F)(F)F)N1CCNCC1. The Morgan fingerprint density at radius 2 is 1.75 bits per heavy atom. The molecule has 1 aromatic carbocycles. The molecule has 0 bridgehead atoms. The van der Waals surface area contributed by atoms with Gasteiger partial charge in [0.1, 0.15) is 12.6 Å². The molecular weight excluding hydrogens is 378 g/mol. The number of hydrogen-bond acceptors (Lipinski definition) is 3. The lowest BCUT2D eigenvalue weighted by Crippen LogP contribution is -2.51. The van der Waals surface area contributed by atoms with Crippen LogP contribution in [0.2, 0.25) is 5.02 Å². The predicted octanol–water partition coefficient (Wildman–Crippen LogP) is 3.35. The summed E-state index contributed by atoms with van der Waals surface area (Å²) in [6.45, 7) is -0.580. The molecule has 1 aromatic rings. The van der Waals surface area contributed by atoms with Gasteiger partial charge in [0.15, 0.2) is 0 Å². The average molecular weight is 395 g/mol. The number of aliphatic hydroxyl groups excluding tert-OH is 1. The number of benzene rings is 1. The maximum Gasteiger partial charge on any atom is 0.416 e.